The van der Waals surface area contributed by atoms with Crippen molar-refractivity contribution < 1.29 is 39.6 Å². The summed E-state index contributed by atoms with van der Waals surface area (Å²) in [5.41, 5.74) is -0.791. The predicted octanol–water partition coefficient (Wildman–Crippen LogP) is 6.90. The van der Waals surface area contributed by atoms with Gasteiger partial charge in [0.15, 0.2) is 0 Å². The third-order valence-corrected chi connectivity index (χ3v) is 8.67. The van der Waals surface area contributed by atoms with Crippen molar-refractivity contribution in [1.29, 1.82) is 0 Å². The molecular weight excluding hydrogens is 580 g/mol. The highest BCUT2D eigenvalue weighted by Gasteiger charge is 2.38. The molecule has 0 saturated heterocycles. The van der Waals surface area contributed by atoms with Crippen LogP contribution in [0.4, 0.5) is 32.0 Å². The van der Waals surface area contributed by atoms with E-state index in [4.69, 9.17) is 0 Å². The van der Waals surface area contributed by atoms with Crippen LogP contribution in [0.1, 0.15) is 27.0 Å². The minimum Gasteiger partial charge on any atom is -0.337 e. The largest absolute Gasteiger partial charge is 0.416 e. The summed E-state index contributed by atoms with van der Waals surface area (Å²) in [6.07, 6.45) is -7.88. The van der Waals surface area contributed by atoms with Crippen LogP contribution < -0.4 is 4.72 Å². The maximum Gasteiger partial charge on any atom is 0.416 e. The van der Waals surface area contributed by atoms with E-state index in [0.29, 0.717) is 22.5 Å². The quantitative estimate of drug-likeness (QED) is 0.254. The van der Waals surface area contributed by atoms with Crippen molar-refractivity contribution in [2.45, 2.75) is 23.8 Å². The minimum atomic E-state index is -5.20. The first-order valence-electron chi connectivity index (χ1n) is 11.4. The van der Waals surface area contributed by atoms with Crippen molar-refractivity contribution >= 4 is 33.0 Å². The Morgan fingerprint density at radius 1 is 0.850 bits per heavy atom. The number of thiophene rings is 1. The third-order valence-electron chi connectivity index (χ3n) is 6.13. The summed E-state index contributed by atoms with van der Waals surface area (Å²) in [5, 5.41) is 0. The molecule has 0 fully saturated rings. The van der Waals surface area contributed by atoms with Gasteiger partial charge in [0.2, 0.25) is 0 Å². The van der Waals surface area contributed by atoms with E-state index in [9.17, 15) is 39.6 Å². The van der Waals surface area contributed by atoms with Crippen LogP contribution in [0, 0.1) is 0 Å². The van der Waals surface area contributed by atoms with Gasteiger partial charge in [-0.2, -0.15) is 26.3 Å². The van der Waals surface area contributed by atoms with Gasteiger partial charge in [-0.25, -0.2) is 8.42 Å². The van der Waals surface area contributed by atoms with Gasteiger partial charge in [-0.3, -0.25) is 14.5 Å². The molecule has 2 aromatic carbocycles. The van der Waals surface area contributed by atoms with Crippen LogP contribution in [0.5, 0.6) is 0 Å². The molecule has 6 nitrogen and oxygen atoms in total. The number of carbonyl (C=O) groups excluding carboxylic acids is 1. The molecule has 4 aromatic rings. The first-order valence-corrected chi connectivity index (χ1v) is 13.7. The number of benzene rings is 2. The fourth-order valence-corrected chi connectivity index (χ4v) is 6.28. The van der Waals surface area contributed by atoms with E-state index in [-0.39, 0.29) is 29.8 Å². The zero-order chi connectivity index (χ0) is 29.0. The van der Waals surface area contributed by atoms with Gasteiger partial charge >= 0.3 is 12.4 Å². The van der Waals surface area contributed by atoms with E-state index in [1.807, 2.05) is 22.9 Å². The van der Waals surface area contributed by atoms with Gasteiger partial charge in [0.25, 0.3) is 15.9 Å². The Morgan fingerprint density at radius 2 is 1.48 bits per heavy atom. The number of aromatic nitrogens is 1. The molecule has 1 aliphatic heterocycles. The molecule has 1 aliphatic rings. The minimum absolute atomic E-state index is 0.0569. The zero-order valence-corrected chi connectivity index (χ0v) is 21.9. The van der Waals surface area contributed by atoms with Crippen LogP contribution in [0.15, 0.2) is 71.9 Å². The monoisotopic (exact) mass is 597 g/mol. The molecule has 1 N–H and O–H groups in total. The van der Waals surface area contributed by atoms with Crippen molar-refractivity contribution in [2.24, 2.45) is 0 Å². The van der Waals surface area contributed by atoms with E-state index < -0.39 is 38.4 Å². The average Bonchev–Trinajstić information content (AvgIpc) is 3.47. The van der Waals surface area contributed by atoms with E-state index in [1.54, 1.807) is 24.1 Å². The first-order chi connectivity index (χ1) is 18.6. The van der Waals surface area contributed by atoms with Crippen molar-refractivity contribution in [1.82, 2.24) is 9.88 Å². The highest BCUT2D eigenvalue weighted by Crippen LogP contribution is 2.39. The molecule has 0 saturated carbocycles. The van der Waals surface area contributed by atoms with Gasteiger partial charge in [-0.05, 0) is 59.7 Å². The number of nitrogens with zero attached hydrogens (tertiary/aromatic N) is 2. The van der Waals surface area contributed by atoms with Crippen molar-refractivity contribution in [3.05, 3.63) is 89.2 Å². The van der Waals surface area contributed by atoms with Gasteiger partial charge in [-0.15, -0.1) is 11.3 Å². The fraction of sp³-hybridized carbons (Fsp3) is 0.154. The number of fused-ring (bicyclic) bond motifs is 1. The number of carbonyl (C=O) groups is 1. The average molecular weight is 598 g/mol. The second kappa shape index (κ2) is 9.63. The number of hydrogen-bond acceptors (Lipinski definition) is 5. The maximum absolute atomic E-state index is 13.2. The fourth-order valence-electron chi connectivity index (χ4n) is 4.19. The maximum atomic E-state index is 13.2. The van der Waals surface area contributed by atoms with Gasteiger partial charge in [-0.1, -0.05) is 6.07 Å². The highest BCUT2D eigenvalue weighted by atomic mass is 32.2. The lowest BCUT2D eigenvalue weighted by atomic mass is 10.1. The number of sulfonamides is 1. The summed E-state index contributed by atoms with van der Waals surface area (Å²) in [6.45, 7) is 0.489. The van der Waals surface area contributed by atoms with E-state index in [1.165, 1.54) is 23.6 Å². The highest BCUT2D eigenvalue weighted by molar-refractivity contribution is 7.92. The number of alkyl halides is 6. The van der Waals surface area contributed by atoms with Crippen LogP contribution in [0.25, 0.3) is 20.9 Å². The van der Waals surface area contributed by atoms with Crippen LogP contribution in [-0.4, -0.2) is 31.3 Å². The van der Waals surface area contributed by atoms with Gasteiger partial charge in [0.1, 0.15) is 0 Å². The number of nitrogens with one attached hydrogen (secondary N) is 1. The van der Waals surface area contributed by atoms with Crippen LogP contribution in [-0.2, 0) is 28.9 Å². The topological polar surface area (TPSA) is 79.4 Å². The number of halogens is 6. The molecule has 14 heteroatoms. The number of amides is 1. The van der Waals surface area contributed by atoms with Gasteiger partial charge < -0.3 is 4.90 Å². The second-order valence-corrected chi connectivity index (χ2v) is 11.8. The smallest absolute Gasteiger partial charge is 0.337 e. The Kier molecular flexibility index (Phi) is 6.65. The van der Waals surface area contributed by atoms with Crippen molar-refractivity contribution in [3.8, 4) is 20.9 Å². The lowest BCUT2D eigenvalue weighted by molar-refractivity contribution is -0.143. The summed E-state index contributed by atoms with van der Waals surface area (Å²) < 4.78 is 107. The molecule has 5 rings (SSSR count). The Labute approximate surface area is 228 Å². The van der Waals surface area contributed by atoms with Crippen molar-refractivity contribution in [3.63, 3.8) is 0 Å². The van der Waals surface area contributed by atoms with Crippen LogP contribution in [0.3, 0.4) is 0 Å². The van der Waals surface area contributed by atoms with Crippen LogP contribution >= 0.6 is 11.3 Å². The number of anilines is 1. The summed E-state index contributed by atoms with van der Waals surface area (Å²) in [7, 11) is -3.14. The Hall–Kier alpha value is -3.91. The van der Waals surface area contributed by atoms with Gasteiger partial charge in [0, 0.05) is 40.7 Å². The summed E-state index contributed by atoms with van der Waals surface area (Å²) in [6, 6.07) is 10.6. The molecule has 2 aromatic heterocycles. The number of rotatable bonds is 5. The Morgan fingerprint density at radius 3 is 2.10 bits per heavy atom. The Bertz CT molecular complexity index is 1710. The molecule has 3 heterocycles. The zero-order valence-electron chi connectivity index (χ0n) is 20.3. The molecule has 0 aliphatic carbocycles. The molecule has 40 heavy (non-hydrogen) atoms. The van der Waals surface area contributed by atoms with Crippen LogP contribution in [0.2, 0.25) is 0 Å². The standard InChI is InChI=1S/C26H17F6N3O3S2/c1-35-13-16-6-14(2-3-21(16)24(35)36)22-4-5-23(39-22)15-7-19(12-33-11-15)34-40(37,38)20-9-17(25(27,28)29)8-18(10-20)26(30,31)32/h2-12,34H,13H2,1H3. The number of pyridine rings is 1. The SMILES string of the molecule is CN1Cc2cc(-c3ccc(-c4cncc(NS(=O)(=O)c5cc(C(F)(F)F)cc(C(F)(F)F)c5)c4)s3)ccc2C1=O. The molecule has 1 amide bonds. The van der Waals surface area contributed by atoms with Gasteiger partial charge in [0.05, 0.1) is 27.9 Å². The molecule has 0 unspecified atom stereocenters. The van der Waals surface area contributed by atoms with E-state index in [2.05, 4.69) is 4.98 Å². The summed E-state index contributed by atoms with van der Waals surface area (Å²) >= 11 is 1.35. The first kappa shape index (κ1) is 27.6. The lowest BCUT2D eigenvalue weighted by Gasteiger charge is -2.15. The van der Waals surface area contributed by atoms with E-state index in [0.717, 1.165) is 22.2 Å². The summed E-state index contributed by atoms with van der Waals surface area (Å²) in [5.74, 6) is -0.0569. The summed E-state index contributed by atoms with van der Waals surface area (Å²) in [4.78, 5) is 18.1. The molecule has 0 bridgehead atoms. The molecule has 208 valence electrons. The Balaban J connectivity index is 1.43. The normalized spacial score (nSPS) is 14.0. The lowest BCUT2D eigenvalue weighted by Crippen LogP contribution is -2.17. The molecule has 0 radical (unpaired) electrons. The number of hydrogen-bond donors (Lipinski definition) is 1. The van der Waals surface area contributed by atoms with E-state index >= 15 is 0 Å². The van der Waals surface area contributed by atoms with Crippen molar-refractivity contribution in [2.75, 3.05) is 11.8 Å². The molecular formula is C26H17F6N3O3S2. The second-order valence-electron chi connectivity index (χ2n) is 9.01. The third kappa shape index (κ3) is 5.41. The molecule has 0 atom stereocenters. The predicted molar refractivity (Wildman–Crippen MR) is 136 cm³/mol. The molecule has 0 spiro atoms.